The summed E-state index contributed by atoms with van der Waals surface area (Å²) in [5.41, 5.74) is 0.270. The number of amides is 1. The number of carbonyl (C=O) groups is 1. The molecule has 0 spiro atoms. The van der Waals surface area contributed by atoms with E-state index in [1.165, 1.54) is 0 Å². The maximum Gasteiger partial charge on any atom is 0.410 e. The van der Waals surface area contributed by atoms with Crippen molar-refractivity contribution in [3.8, 4) is 0 Å². The van der Waals surface area contributed by atoms with Gasteiger partial charge in [-0.3, -0.25) is 0 Å². The number of halogens is 2. The Morgan fingerprint density at radius 1 is 1.33 bits per heavy atom. The number of ether oxygens (including phenoxy) is 1. The summed E-state index contributed by atoms with van der Waals surface area (Å²) in [6.07, 6.45) is -0.500. The molecule has 1 heterocycles. The molecule has 0 saturated carbocycles. The first kappa shape index (κ1) is 18.6. The molecule has 6 heteroatoms. The number of benzene rings is 1. The predicted molar refractivity (Wildman–Crippen MR) is 89.2 cm³/mol. The smallest absolute Gasteiger partial charge is 0.410 e. The van der Waals surface area contributed by atoms with E-state index in [9.17, 15) is 13.6 Å². The zero-order valence-electron chi connectivity index (χ0n) is 14.7. The van der Waals surface area contributed by atoms with E-state index in [0.29, 0.717) is 0 Å². The van der Waals surface area contributed by atoms with Crippen LogP contribution in [-0.4, -0.2) is 41.6 Å². The number of nitrogens with one attached hydrogen (secondary N) is 1. The fourth-order valence-corrected chi connectivity index (χ4v) is 2.77. The Morgan fingerprint density at radius 3 is 2.50 bits per heavy atom. The number of nitrogens with zero attached hydrogens (tertiary/aromatic N) is 1. The first-order chi connectivity index (χ1) is 11.1. The third-order valence-corrected chi connectivity index (χ3v) is 4.00. The maximum absolute atomic E-state index is 14.5. The van der Waals surface area contributed by atoms with Crippen molar-refractivity contribution >= 4 is 6.09 Å². The first-order valence-corrected chi connectivity index (χ1v) is 8.25. The molecule has 1 amide bonds. The summed E-state index contributed by atoms with van der Waals surface area (Å²) in [7, 11) is 0. The number of rotatable bonds is 3. The largest absolute Gasteiger partial charge is 0.444 e. The highest BCUT2D eigenvalue weighted by molar-refractivity contribution is 5.68. The maximum atomic E-state index is 14.5. The third kappa shape index (κ3) is 4.90. The van der Waals surface area contributed by atoms with Crippen LogP contribution in [0.1, 0.15) is 45.7 Å². The molecular formula is C18H26F2N2O2. The highest BCUT2D eigenvalue weighted by Crippen LogP contribution is 2.30. The minimum atomic E-state index is -3.00. The normalized spacial score (nSPS) is 22.1. The van der Waals surface area contributed by atoms with E-state index in [2.05, 4.69) is 5.32 Å². The van der Waals surface area contributed by atoms with Gasteiger partial charge in [-0.1, -0.05) is 30.3 Å². The minimum Gasteiger partial charge on any atom is -0.444 e. The lowest BCUT2D eigenvalue weighted by molar-refractivity contribution is -0.0934. The Labute approximate surface area is 142 Å². The fourth-order valence-electron chi connectivity index (χ4n) is 2.77. The lowest BCUT2D eigenvalue weighted by Gasteiger charge is -2.40. The van der Waals surface area contributed by atoms with Gasteiger partial charge in [0.15, 0.2) is 0 Å². The summed E-state index contributed by atoms with van der Waals surface area (Å²) >= 11 is 0. The van der Waals surface area contributed by atoms with Crippen LogP contribution < -0.4 is 5.32 Å². The van der Waals surface area contributed by atoms with E-state index in [4.69, 9.17) is 4.74 Å². The van der Waals surface area contributed by atoms with Crippen molar-refractivity contribution in [1.82, 2.24) is 10.2 Å². The molecule has 1 saturated heterocycles. The SMILES string of the molecule is C[C@H](N[C@H]1CCN(C(=O)OC(C)(C)C)CC1(F)F)c1ccccc1. The molecule has 0 aliphatic carbocycles. The van der Waals surface area contributed by atoms with Gasteiger partial charge in [0.1, 0.15) is 5.60 Å². The molecule has 1 aliphatic heterocycles. The third-order valence-electron chi connectivity index (χ3n) is 4.00. The van der Waals surface area contributed by atoms with Gasteiger partial charge in [-0.15, -0.1) is 0 Å². The molecule has 1 aromatic rings. The molecule has 1 aliphatic rings. The minimum absolute atomic E-state index is 0.184. The lowest BCUT2D eigenvalue weighted by atomic mass is 9.98. The second kappa shape index (κ2) is 7.05. The Hall–Kier alpha value is -1.69. The molecule has 1 N–H and O–H groups in total. The van der Waals surface area contributed by atoms with Gasteiger partial charge in [-0.2, -0.15) is 0 Å². The molecule has 0 aromatic heterocycles. The molecule has 0 unspecified atom stereocenters. The standard InChI is InChI=1S/C18H26F2N2O2/c1-13(14-8-6-5-7-9-14)21-15-10-11-22(12-18(15,19)20)16(23)24-17(2,3)4/h5-9,13,15,21H,10-12H2,1-4H3/t13-,15-/m0/s1. The number of carbonyl (C=O) groups excluding carboxylic acids is 1. The van der Waals surface area contributed by atoms with E-state index in [1.807, 2.05) is 37.3 Å². The summed E-state index contributed by atoms with van der Waals surface area (Å²) in [6.45, 7) is 6.66. The van der Waals surface area contributed by atoms with Crippen LogP contribution in [-0.2, 0) is 4.74 Å². The number of piperidine rings is 1. The van der Waals surface area contributed by atoms with Crippen molar-refractivity contribution in [2.24, 2.45) is 0 Å². The van der Waals surface area contributed by atoms with Crippen molar-refractivity contribution in [2.45, 2.75) is 57.7 Å². The Morgan fingerprint density at radius 2 is 1.96 bits per heavy atom. The van der Waals surface area contributed by atoms with Gasteiger partial charge in [0, 0.05) is 12.6 Å². The van der Waals surface area contributed by atoms with Crippen LogP contribution in [0.3, 0.4) is 0 Å². The van der Waals surface area contributed by atoms with Gasteiger partial charge in [-0.05, 0) is 39.7 Å². The van der Waals surface area contributed by atoms with Crippen molar-refractivity contribution in [2.75, 3.05) is 13.1 Å². The summed E-state index contributed by atoms with van der Waals surface area (Å²) < 4.78 is 34.1. The van der Waals surface area contributed by atoms with E-state index in [-0.39, 0.29) is 19.0 Å². The van der Waals surface area contributed by atoms with Crippen molar-refractivity contribution in [3.05, 3.63) is 35.9 Å². The van der Waals surface area contributed by atoms with Crippen LogP contribution in [0.4, 0.5) is 13.6 Å². The lowest BCUT2D eigenvalue weighted by Crippen LogP contribution is -2.59. The van der Waals surface area contributed by atoms with Gasteiger partial charge in [0.2, 0.25) is 0 Å². The second-order valence-corrected chi connectivity index (χ2v) is 7.30. The highest BCUT2D eigenvalue weighted by atomic mass is 19.3. The van der Waals surface area contributed by atoms with Crippen LogP contribution >= 0.6 is 0 Å². The summed E-state index contributed by atoms with van der Waals surface area (Å²) in [5.74, 6) is -3.00. The molecule has 1 aromatic carbocycles. The van der Waals surface area contributed by atoms with Crippen LogP contribution in [0.5, 0.6) is 0 Å². The molecule has 24 heavy (non-hydrogen) atoms. The van der Waals surface area contributed by atoms with Crippen LogP contribution in [0.2, 0.25) is 0 Å². The molecule has 0 radical (unpaired) electrons. The van der Waals surface area contributed by atoms with E-state index in [0.717, 1.165) is 10.5 Å². The van der Waals surface area contributed by atoms with Crippen molar-refractivity contribution in [1.29, 1.82) is 0 Å². The summed E-state index contributed by atoms with van der Waals surface area (Å²) in [6, 6.07) is 8.33. The monoisotopic (exact) mass is 340 g/mol. The van der Waals surface area contributed by atoms with Gasteiger partial charge < -0.3 is 15.0 Å². The van der Waals surface area contributed by atoms with Gasteiger partial charge in [0.05, 0.1) is 12.6 Å². The zero-order valence-corrected chi connectivity index (χ0v) is 14.7. The van der Waals surface area contributed by atoms with Crippen molar-refractivity contribution < 1.29 is 18.3 Å². The number of hydrogen-bond donors (Lipinski definition) is 1. The average Bonchev–Trinajstić information content (AvgIpc) is 2.48. The van der Waals surface area contributed by atoms with Gasteiger partial charge >= 0.3 is 6.09 Å². The predicted octanol–water partition coefficient (Wildman–Crippen LogP) is 3.98. The van der Waals surface area contributed by atoms with E-state index in [1.54, 1.807) is 20.8 Å². The summed E-state index contributed by atoms with van der Waals surface area (Å²) in [5, 5.41) is 3.00. The molecule has 134 valence electrons. The van der Waals surface area contributed by atoms with Crippen molar-refractivity contribution in [3.63, 3.8) is 0 Å². The second-order valence-electron chi connectivity index (χ2n) is 7.30. The first-order valence-electron chi connectivity index (χ1n) is 8.25. The van der Waals surface area contributed by atoms with Crippen LogP contribution in [0.25, 0.3) is 0 Å². The molecule has 0 bridgehead atoms. The average molecular weight is 340 g/mol. The van der Waals surface area contributed by atoms with E-state index >= 15 is 0 Å². The zero-order chi connectivity index (χ0) is 18.0. The molecule has 2 atom stereocenters. The Kier molecular flexibility index (Phi) is 5.48. The van der Waals surface area contributed by atoms with Crippen LogP contribution in [0, 0.1) is 0 Å². The van der Waals surface area contributed by atoms with Gasteiger partial charge in [-0.25, -0.2) is 13.6 Å². The molecule has 1 fully saturated rings. The summed E-state index contributed by atoms with van der Waals surface area (Å²) in [4.78, 5) is 13.1. The van der Waals surface area contributed by atoms with Crippen LogP contribution in [0.15, 0.2) is 30.3 Å². The topological polar surface area (TPSA) is 41.6 Å². The molecule has 4 nitrogen and oxygen atoms in total. The fraction of sp³-hybridized carbons (Fsp3) is 0.611. The van der Waals surface area contributed by atoms with E-state index < -0.39 is 30.2 Å². The Bertz CT molecular complexity index is 558. The molecular weight excluding hydrogens is 314 g/mol. The quantitative estimate of drug-likeness (QED) is 0.905. The highest BCUT2D eigenvalue weighted by Gasteiger charge is 2.47. The number of alkyl halides is 2. The Balaban J connectivity index is 1.97. The van der Waals surface area contributed by atoms with Gasteiger partial charge in [0.25, 0.3) is 5.92 Å². The number of hydrogen-bond acceptors (Lipinski definition) is 3. The molecule has 2 rings (SSSR count). The number of likely N-dealkylation sites (tertiary alicyclic amines) is 1.